The van der Waals surface area contributed by atoms with Crippen LogP contribution in [0.3, 0.4) is 0 Å². The van der Waals surface area contributed by atoms with Crippen molar-refractivity contribution < 1.29 is 0 Å². The van der Waals surface area contributed by atoms with E-state index in [9.17, 15) is 0 Å². The van der Waals surface area contributed by atoms with Crippen LogP contribution in [0.1, 0.15) is 32.1 Å². The van der Waals surface area contributed by atoms with Gasteiger partial charge in [0.05, 0.1) is 0 Å². The van der Waals surface area contributed by atoms with Crippen molar-refractivity contribution in [3.8, 4) is 0 Å². The van der Waals surface area contributed by atoms with Crippen LogP contribution in [0.4, 0.5) is 0 Å². The summed E-state index contributed by atoms with van der Waals surface area (Å²) in [6.07, 6.45) is 6.81. The van der Waals surface area contributed by atoms with Gasteiger partial charge in [-0.2, -0.15) is 11.1 Å². The summed E-state index contributed by atoms with van der Waals surface area (Å²) in [5.74, 6) is 0. The summed E-state index contributed by atoms with van der Waals surface area (Å²) in [6.45, 7) is 2.21. The zero-order valence-electron chi connectivity index (χ0n) is 7.08. The van der Waals surface area contributed by atoms with E-state index in [1.165, 1.54) is 32.1 Å². The highest BCUT2D eigenvalue weighted by atomic mass is 35.6. The van der Waals surface area contributed by atoms with Crippen LogP contribution in [-0.2, 0) is 0 Å². The summed E-state index contributed by atoms with van der Waals surface area (Å²) < 4.78 is 0. The Morgan fingerprint density at radius 1 is 1.27 bits per heavy atom. The number of alkyl halides is 1. The molecule has 0 aromatic carbocycles. The number of hydrogen-bond acceptors (Lipinski definition) is 0. The predicted molar refractivity (Wildman–Crippen MR) is 55.0 cm³/mol. The van der Waals surface area contributed by atoms with Gasteiger partial charge in [-0.3, -0.25) is 0 Å². The summed E-state index contributed by atoms with van der Waals surface area (Å²) in [6, 6.07) is 0. The molecule has 0 radical (unpaired) electrons. The molecule has 1 atom stereocenters. The van der Waals surface area contributed by atoms with E-state index in [0.29, 0.717) is 0 Å². The molecule has 0 spiro atoms. The third kappa shape index (κ3) is 2.64. The van der Waals surface area contributed by atoms with Gasteiger partial charge in [-0.05, 0) is 5.54 Å². The van der Waals surface area contributed by atoms with E-state index in [1.54, 1.807) is 0 Å². The second kappa shape index (κ2) is 4.15. The molecule has 3 heteroatoms. The fourth-order valence-corrected chi connectivity index (χ4v) is 4.95. The topological polar surface area (TPSA) is 0 Å². The van der Waals surface area contributed by atoms with E-state index in [-0.39, 0.29) is 0 Å². The Kier molecular flexibility index (Phi) is 3.73. The Morgan fingerprint density at radius 3 is 2.27 bits per heavy atom. The first-order valence-corrected chi connectivity index (χ1v) is 8.75. The summed E-state index contributed by atoms with van der Waals surface area (Å²) in [7, 11) is -1.54. The molecule has 0 N–H and O–H groups in total. The highest BCUT2D eigenvalue weighted by Crippen LogP contribution is 2.39. The minimum absolute atomic E-state index is 0.721. The molecule has 1 aliphatic carbocycles. The lowest BCUT2D eigenvalue weighted by atomic mass is 10.0. The van der Waals surface area contributed by atoms with Crippen LogP contribution in [0.2, 0.25) is 12.1 Å². The Hall–Kier alpha value is 0.797. The number of halogens is 2. The van der Waals surface area contributed by atoms with Crippen LogP contribution in [0, 0.1) is 0 Å². The van der Waals surface area contributed by atoms with E-state index in [1.807, 2.05) is 0 Å². The van der Waals surface area contributed by atoms with E-state index >= 15 is 0 Å². The highest BCUT2D eigenvalue weighted by Gasteiger charge is 2.34. The minimum atomic E-state index is -1.54. The van der Waals surface area contributed by atoms with Crippen molar-refractivity contribution in [2.24, 2.45) is 0 Å². The van der Waals surface area contributed by atoms with Gasteiger partial charge in [0, 0.05) is 5.50 Å². The van der Waals surface area contributed by atoms with E-state index in [4.69, 9.17) is 22.7 Å². The van der Waals surface area contributed by atoms with E-state index in [0.717, 1.165) is 11.0 Å². The lowest BCUT2D eigenvalue weighted by molar-refractivity contribution is 0.495. The van der Waals surface area contributed by atoms with Gasteiger partial charge in [0.1, 0.15) is 0 Å². The molecule has 1 saturated carbocycles. The van der Waals surface area contributed by atoms with Gasteiger partial charge < -0.3 is 0 Å². The maximum absolute atomic E-state index is 6.41. The summed E-state index contributed by atoms with van der Waals surface area (Å²) in [4.78, 5) is 0. The molecule has 1 aliphatic rings. The Bertz CT molecular complexity index is 119. The van der Waals surface area contributed by atoms with Crippen molar-refractivity contribution in [3.05, 3.63) is 0 Å². The summed E-state index contributed by atoms with van der Waals surface area (Å²) >= 11 is 12.3. The van der Waals surface area contributed by atoms with Crippen LogP contribution < -0.4 is 0 Å². The van der Waals surface area contributed by atoms with Crippen LogP contribution in [0.25, 0.3) is 0 Å². The molecule has 0 amide bonds. The first-order valence-electron chi connectivity index (χ1n) is 4.41. The molecular weight excluding hydrogens is 195 g/mol. The molecule has 11 heavy (non-hydrogen) atoms. The zero-order valence-corrected chi connectivity index (χ0v) is 9.59. The molecular formula is C8H16Cl2Si. The maximum Gasteiger partial charge on any atom is 0.171 e. The molecule has 1 rings (SSSR count). The molecule has 66 valence electrons. The maximum atomic E-state index is 6.41. The third-order valence-corrected chi connectivity index (χ3v) is 8.92. The fourth-order valence-electron chi connectivity index (χ4n) is 1.81. The number of hydrogen-bond donors (Lipinski definition) is 0. The Morgan fingerprint density at radius 2 is 1.82 bits per heavy atom. The Labute approximate surface area is 80.0 Å². The molecule has 1 unspecified atom stereocenters. The van der Waals surface area contributed by atoms with Crippen molar-refractivity contribution in [3.63, 3.8) is 0 Å². The predicted octanol–water partition coefficient (Wildman–Crippen LogP) is 3.91. The minimum Gasteiger partial charge on any atom is -0.166 e. The molecule has 0 aromatic heterocycles. The standard InChI is InChI=1S/C8H16Cl2Si/c1-11(10,7-9)8-5-3-2-4-6-8/h8H,2-7H2,1H3. The second-order valence-corrected chi connectivity index (χ2v) is 10.8. The summed E-state index contributed by atoms with van der Waals surface area (Å²) in [5.41, 5.74) is 1.51. The van der Waals surface area contributed by atoms with Crippen molar-refractivity contribution in [2.75, 3.05) is 5.50 Å². The molecule has 0 aliphatic heterocycles. The van der Waals surface area contributed by atoms with E-state index < -0.39 is 7.38 Å². The van der Waals surface area contributed by atoms with Crippen molar-refractivity contribution in [1.29, 1.82) is 0 Å². The van der Waals surface area contributed by atoms with Gasteiger partial charge in [-0.25, -0.2) is 0 Å². The molecule has 0 aromatic rings. The van der Waals surface area contributed by atoms with Crippen LogP contribution in [-0.4, -0.2) is 12.9 Å². The highest BCUT2D eigenvalue weighted by molar-refractivity contribution is 7.22. The molecule has 0 saturated heterocycles. The van der Waals surface area contributed by atoms with E-state index in [2.05, 4.69) is 6.55 Å². The lowest BCUT2D eigenvalue weighted by Crippen LogP contribution is -2.33. The molecule has 1 fully saturated rings. The second-order valence-electron chi connectivity index (χ2n) is 3.75. The SMILES string of the molecule is C[Si](Cl)(CCl)C1CCCCC1. The summed E-state index contributed by atoms with van der Waals surface area (Å²) in [5, 5.41) is 0. The van der Waals surface area contributed by atoms with Crippen LogP contribution in [0.5, 0.6) is 0 Å². The first kappa shape index (κ1) is 9.88. The third-order valence-electron chi connectivity index (χ3n) is 2.72. The van der Waals surface area contributed by atoms with Gasteiger partial charge in [0.15, 0.2) is 7.38 Å². The lowest BCUT2D eigenvalue weighted by Gasteiger charge is -2.31. The normalized spacial score (nSPS) is 26.5. The average Bonchev–Trinajstić information content (AvgIpc) is 2.06. The van der Waals surface area contributed by atoms with Gasteiger partial charge in [-0.15, -0.1) is 11.6 Å². The van der Waals surface area contributed by atoms with Crippen molar-refractivity contribution >= 4 is 30.1 Å². The van der Waals surface area contributed by atoms with Gasteiger partial charge in [0.2, 0.25) is 0 Å². The fraction of sp³-hybridized carbons (Fsp3) is 1.00. The molecule has 0 nitrogen and oxygen atoms in total. The molecule has 0 bridgehead atoms. The van der Waals surface area contributed by atoms with Crippen LogP contribution >= 0.6 is 22.7 Å². The van der Waals surface area contributed by atoms with Crippen LogP contribution in [0.15, 0.2) is 0 Å². The Balaban J connectivity index is 2.43. The quantitative estimate of drug-likeness (QED) is 0.369. The average molecular weight is 211 g/mol. The molecule has 0 heterocycles. The largest absolute Gasteiger partial charge is 0.171 e. The smallest absolute Gasteiger partial charge is 0.166 e. The monoisotopic (exact) mass is 210 g/mol. The van der Waals surface area contributed by atoms with Crippen molar-refractivity contribution in [1.82, 2.24) is 0 Å². The van der Waals surface area contributed by atoms with Gasteiger partial charge in [0.25, 0.3) is 0 Å². The zero-order chi connectivity index (χ0) is 8.32. The first-order chi connectivity index (χ1) is 5.17. The van der Waals surface area contributed by atoms with Crippen molar-refractivity contribution in [2.45, 2.75) is 44.2 Å². The van der Waals surface area contributed by atoms with Gasteiger partial charge in [-0.1, -0.05) is 38.7 Å². The number of rotatable bonds is 2. The van der Waals surface area contributed by atoms with Gasteiger partial charge >= 0.3 is 0 Å².